The summed E-state index contributed by atoms with van der Waals surface area (Å²) in [5.41, 5.74) is 17.7. The van der Waals surface area contributed by atoms with Crippen LogP contribution in [0.25, 0.3) is 75.5 Å². The number of rotatable bonds is 8. The highest BCUT2D eigenvalue weighted by Crippen LogP contribution is 2.59. The monoisotopic (exact) mass is 869 g/mol. The van der Waals surface area contributed by atoms with Crippen molar-refractivity contribution in [2.24, 2.45) is 0 Å². The fraction of sp³-hybridized carbons (Fsp3) is 0.0154. The van der Waals surface area contributed by atoms with Crippen molar-refractivity contribution in [3.05, 3.63) is 283 Å². The Hall–Kier alpha value is -8.30. The van der Waals surface area contributed by atoms with Gasteiger partial charge in [0.1, 0.15) is 0 Å². The third-order valence-corrected chi connectivity index (χ3v) is 15.1. The van der Waals surface area contributed by atoms with E-state index in [1.807, 2.05) is 11.3 Å². The molecule has 1 aromatic heterocycles. The minimum absolute atomic E-state index is 0.513. The molecule has 0 bridgehead atoms. The number of fused-ring (bicyclic) bond motifs is 7. The normalized spacial score (nSPS) is 12.6. The van der Waals surface area contributed by atoms with Crippen LogP contribution in [0.5, 0.6) is 0 Å². The quantitative estimate of drug-likeness (QED) is 0.147. The molecular formula is C65H43NS. The van der Waals surface area contributed by atoms with Crippen molar-refractivity contribution in [2.45, 2.75) is 5.41 Å². The van der Waals surface area contributed by atoms with Crippen LogP contribution in [-0.4, -0.2) is 0 Å². The summed E-state index contributed by atoms with van der Waals surface area (Å²) in [5, 5.41) is 5.15. The topological polar surface area (TPSA) is 3.24 Å². The van der Waals surface area contributed by atoms with E-state index in [4.69, 9.17) is 0 Å². The first-order chi connectivity index (χ1) is 33.2. The molecule has 0 spiro atoms. The Bertz CT molecular complexity index is 3750. The average molecular weight is 870 g/mol. The molecule has 0 saturated carbocycles. The summed E-state index contributed by atoms with van der Waals surface area (Å²) < 4.78 is 2.63. The maximum absolute atomic E-state index is 2.47. The first-order valence-electron chi connectivity index (χ1n) is 23.1. The fourth-order valence-electron chi connectivity index (χ4n) is 11.0. The van der Waals surface area contributed by atoms with Gasteiger partial charge in [0.25, 0.3) is 0 Å². The van der Waals surface area contributed by atoms with Gasteiger partial charge in [-0.2, -0.15) is 0 Å². The highest BCUT2D eigenvalue weighted by atomic mass is 32.1. The zero-order chi connectivity index (χ0) is 44.3. The summed E-state index contributed by atoms with van der Waals surface area (Å²) in [6, 6.07) is 96.3. The van der Waals surface area contributed by atoms with E-state index in [9.17, 15) is 0 Å². The van der Waals surface area contributed by atoms with Crippen molar-refractivity contribution < 1.29 is 0 Å². The first kappa shape index (κ1) is 39.1. The van der Waals surface area contributed by atoms with Crippen molar-refractivity contribution in [1.82, 2.24) is 0 Å². The van der Waals surface area contributed by atoms with Crippen molar-refractivity contribution in [2.75, 3.05) is 4.90 Å². The van der Waals surface area contributed by atoms with Gasteiger partial charge >= 0.3 is 0 Å². The predicted molar refractivity (Wildman–Crippen MR) is 285 cm³/mol. The summed E-state index contributed by atoms with van der Waals surface area (Å²) >= 11 is 1.87. The number of hydrogen-bond acceptors (Lipinski definition) is 2. The molecule has 12 aromatic rings. The number of hydrogen-bond donors (Lipinski definition) is 0. The summed E-state index contributed by atoms with van der Waals surface area (Å²) in [7, 11) is 0. The Morgan fingerprint density at radius 1 is 0.328 bits per heavy atom. The van der Waals surface area contributed by atoms with Crippen LogP contribution >= 0.6 is 11.3 Å². The standard InChI is InChI=1S/C65H43NS/c1-3-21-49(22-4-1)65(50-23-5-2-6-24-50)58-30-11-9-26-56(58)64-59(65)31-16-32-60(64)66(52-41-37-46(38-42-52)55-29-15-34-62-63(55)57-27-10-12-33-61(57)67-62)51-39-35-44(36-40-51)47-19-13-20-48(43-47)54-28-14-18-45-17-7-8-25-53(45)54/h1-43H. The van der Waals surface area contributed by atoms with Crippen molar-refractivity contribution in [3.63, 3.8) is 0 Å². The molecule has 1 nitrogen and oxygen atoms in total. The molecule has 1 aliphatic carbocycles. The molecule has 0 amide bonds. The highest BCUT2D eigenvalue weighted by Gasteiger charge is 2.47. The largest absolute Gasteiger partial charge is 0.310 e. The second-order valence-electron chi connectivity index (χ2n) is 17.5. The molecule has 0 aliphatic heterocycles. The zero-order valence-corrected chi connectivity index (χ0v) is 37.5. The Kier molecular flexibility index (Phi) is 9.33. The van der Waals surface area contributed by atoms with Gasteiger partial charge in [-0.1, -0.05) is 212 Å². The lowest BCUT2D eigenvalue weighted by Crippen LogP contribution is -2.28. The number of nitrogens with zero attached hydrogens (tertiary/aromatic N) is 1. The molecule has 0 fully saturated rings. The van der Waals surface area contributed by atoms with Crippen molar-refractivity contribution >= 4 is 59.3 Å². The van der Waals surface area contributed by atoms with E-state index in [0.29, 0.717) is 0 Å². The molecule has 1 aliphatic rings. The molecule has 67 heavy (non-hydrogen) atoms. The molecule has 314 valence electrons. The predicted octanol–water partition coefficient (Wildman–Crippen LogP) is 18.0. The fourth-order valence-corrected chi connectivity index (χ4v) is 12.2. The Morgan fingerprint density at radius 3 is 1.64 bits per heavy atom. The van der Waals surface area contributed by atoms with Gasteiger partial charge in [-0.25, -0.2) is 0 Å². The molecule has 2 heteroatoms. The van der Waals surface area contributed by atoms with Gasteiger partial charge in [-0.05, 0) is 121 Å². The minimum atomic E-state index is -0.513. The summed E-state index contributed by atoms with van der Waals surface area (Å²) in [5.74, 6) is 0. The van der Waals surface area contributed by atoms with E-state index < -0.39 is 5.41 Å². The van der Waals surface area contributed by atoms with Gasteiger partial charge in [-0.15, -0.1) is 11.3 Å². The van der Waals surface area contributed by atoms with Crippen molar-refractivity contribution in [1.29, 1.82) is 0 Å². The third kappa shape index (κ3) is 6.29. The Morgan fingerprint density at radius 2 is 0.866 bits per heavy atom. The van der Waals surface area contributed by atoms with Gasteiger partial charge in [0.2, 0.25) is 0 Å². The molecule has 1 heterocycles. The average Bonchev–Trinajstić information content (AvgIpc) is 3.94. The number of benzene rings is 11. The molecular weight excluding hydrogens is 827 g/mol. The van der Waals surface area contributed by atoms with Gasteiger partial charge in [0.15, 0.2) is 0 Å². The third-order valence-electron chi connectivity index (χ3n) is 14.0. The SMILES string of the molecule is c1ccc(C2(c3ccccc3)c3ccccc3-c3c(N(c4ccc(-c5cccc(-c6cccc7ccccc67)c5)cc4)c4ccc(-c5cccc6sc7ccccc7c56)cc4)cccc32)cc1. The van der Waals surface area contributed by atoms with Crippen LogP contribution in [-0.2, 0) is 5.41 Å². The lowest BCUT2D eigenvalue weighted by molar-refractivity contribution is 0.768. The van der Waals surface area contributed by atoms with E-state index in [-0.39, 0.29) is 0 Å². The van der Waals surface area contributed by atoms with Gasteiger partial charge in [0, 0.05) is 37.1 Å². The lowest BCUT2D eigenvalue weighted by atomic mass is 9.68. The van der Waals surface area contributed by atoms with Crippen LogP contribution in [0.3, 0.4) is 0 Å². The molecule has 0 N–H and O–H groups in total. The highest BCUT2D eigenvalue weighted by molar-refractivity contribution is 7.25. The number of thiophene rings is 1. The van der Waals surface area contributed by atoms with Crippen LogP contribution < -0.4 is 4.90 Å². The van der Waals surface area contributed by atoms with Crippen LogP contribution in [0.15, 0.2) is 261 Å². The minimum Gasteiger partial charge on any atom is -0.310 e. The summed E-state index contributed by atoms with van der Waals surface area (Å²) in [4.78, 5) is 2.47. The van der Waals surface area contributed by atoms with E-state index in [2.05, 4.69) is 266 Å². The van der Waals surface area contributed by atoms with Gasteiger partial charge in [-0.3, -0.25) is 0 Å². The van der Waals surface area contributed by atoms with E-state index in [0.717, 1.165) is 17.1 Å². The molecule has 11 aromatic carbocycles. The summed E-state index contributed by atoms with van der Waals surface area (Å²) in [6.45, 7) is 0. The lowest BCUT2D eigenvalue weighted by Gasteiger charge is -2.34. The maximum atomic E-state index is 2.47. The smallest absolute Gasteiger partial charge is 0.0714 e. The van der Waals surface area contributed by atoms with Crippen LogP contribution in [0, 0.1) is 0 Å². The van der Waals surface area contributed by atoms with Gasteiger partial charge in [0.05, 0.1) is 11.1 Å². The second kappa shape index (κ2) is 16.0. The first-order valence-corrected chi connectivity index (χ1v) is 23.9. The maximum Gasteiger partial charge on any atom is 0.0714 e. The van der Waals surface area contributed by atoms with Crippen LogP contribution in [0.2, 0.25) is 0 Å². The molecule has 0 saturated heterocycles. The molecule has 0 atom stereocenters. The van der Waals surface area contributed by atoms with Crippen molar-refractivity contribution in [3.8, 4) is 44.5 Å². The molecule has 0 unspecified atom stereocenters. The number of anilines is 3. The van der Waals surface area contributed by atoms with Gasteiger partial charge < -0.3 is 4.90 Å². The Labute approximate surface area is 395 Å². The molecule has 0 radical (unpaired) electrons. The second-order valence-corrected chi connectivity index (χ2v) is 18.6. The van der Waals surface area contributed by atoms with E-state index in [1.54, 1.807) is 0 Å². The van der Waals surface area contributed by atoms with Crippen LogP contribution in [0.4, 0.5) is 17.1 Å². The summed E-state index contributed by atoms with van der Waals surface area (Å²) in [6.07, 6.45) is 0. The molecule has 13 rings (SSSR count). The van der Waals surface area contributed by atoms with E-state index in [1.165, 1.54) is 97.7 Å². The van der Waals surface area contributed by atoms with Crippen LogP contribution in [0.1, 0.15) is 22.3 Å². The van der Waals surface area contributed by atoms with E-state index >= 15 is 0 Å². The Balaban J connectivity index is 0.991. The zero-order valence-electron chi connectivity index (χ0n) is 36.7.